The lowest BCUT2D eigenvalue weighted by atomic mass is 10.1. The summed E-state index contributed by atoms with van der Waals surface area (Å²) in [4.78, 5) is 33.4. The van der Waals surface area contributed by atoms with Gasteiger partial charge in [0, 0.05) is 5.56 Å². The highest BCUT2D eigenvalue weighted by Gasteiger charge is 2.12. The standard InChI is InChI=1S/C12H13NO5/c1-3-18-12(16)13-10-6-8(11(15)17-2)4-5-9(10)7-14/h4-7H,3H2,1-2H3,(H,13,16). The maximum atomic E-state index is 11.3. The molecule has 0 atom stereocenters. The zero-order valence-electron chi connectivity index (χ0n) is 10.1. The molecule has 96 valence electrons. The Balaban J connectivity index is 3.02. The van der Waals surface area contributed by atoms with Gasteiger partial charge in [0.05, 0.1) is 25.0 Å². The minimum Gasteiger partial charge on any atom is -0.465 e. The first-order chi connectivity index (χ1) is 8.62. The number of anilines is 1. The molecule has 1 N–H and O–H groups in total. The molecule has 6 heteroatoms. The molecule has 0 spiro atoms. The minimum absolute atomic E-state index is 0.200. The van der Waals surface area contributed by atoms with Crippen LogP contribution in [0.5, 0.6) is 0 Å². The van der Waals surface area contributed by atoms with Crippen LogP contribution in [0.4, 0.5) is 10.5 Å². The fourth-order valence-corrected chi connectivity index (χ4v) is 1.29. The van der Waals surface area contributed by atoms with Crippen LogP contribution in [0, 0.1) is 0 Å². The molecular formula is C12H13NO5. The number of carbonyl (C=O) groups is 3. The minimum atomic E-state index is -0.692. The second-order valence-electron chi connectivity index (χ2n) is 3.26. The van der Waals surface area contributed by atoms with Crippen LogP contribution in [0.15, 0.2) is 18.2 Å². The molecule has 0 fully saturated rings. The summed E-state index contributed by atoms with van der Waals surface area (Å²) in [7, 11) is 1.24. The third-order valence-corrected chi connectivity index (χ3v) is 2.11. The van der Waals surface area contributed by atoms with E-state index in [-0.39, 0.29) is 23.4 Å². The van der Waals surface area contributed by atoms with Gasteiger partial charge in [0.2, 0.25) is 0 Å². The molecule has 6 nitrogen and oxygen atoms in total. The smallest absolute Gasteiger partial charge is 0.411 e. The summed E-state index contributed by atoms with van der Waals surface area (Å²) in [5.74, 6) is -0.556. The van der Waals surface area contributed by atoms with Gasteiger partial charge in [-0.1, -0.05) is 0 Å². The number of methoxy groups -OCH3 is 1. The van der Waals surface area contributed by atoms with Gasteiger partial charge < -0.3 is 9.47 Å². The van der Waals surface area contributed by atoms with E-state index in [9.17, 15) is 14.4 Å². The van der Waals surface area contributed by atoms with Crippen molar-refractivity contribution < 1.29 is 23.9 Å². The van der Waals surface area contributed by atoms with Crippen molar-refractivity contribution in [2.24, 2.45) is 0 Å². The number of aldehydes is 1. The Morgan fingerprint density at radius 3 is 2.67 bits per heavy atom. The van der Waals surface area contributed by atoms with Crippen LogP contribution < -0.4 is 5.32 Å². The second kappa shape index (κ2) is 6.39. The molecule has 1 aromatic carbocycles. The number of hydrogen-bond donors (Lipinski definition) is 1. The van der Waals surface area contributed by atoms with Crippen molar-refractivity contribution in [3.63, 3.8) is 0 Å². The largest absolute Gasteiger partial charge is 0.465 e. The summed E-state index contributed by atoms with van der Waals surface area (Å²) >= 11 is 0. The van der Waals surface area contributed by atoms with E-state index < -0.39 is 12.1 Å². The first-order valence-corrected chi connectivity index (χ1v) is 5.23. The normalized spacial score (nSPS) is 9.44. The number of carbonyl (C=O) groups excluding carboxylic acids is 3. The molecule has 0 unspecified atom stereocenters. The predicted molar refractivity (Wildman–Crippen MR) is 63.8 cm³/mol. The molecule has 0 aliphatic heterocycles. The highest BCUT2D eigenvalue weighted by molar-refractivity contribution is 5.97. The van der Waals surface area contributed by atoms with Crippen LogP contribution in [0.25, 0.3) is 0 Å². The summed E-state index contributed by atoms with van der Waals surface area (Å²) in [5, 5.41) is 2.38. The Kier molecular flexibility index (Phi) is 4.86. The second-order valence-corrected chi connectivity index (χ2v) is 3.26. The van der Waals surface area contributed by atoms with E-state index in [1.54, 1.807) is 6.92 Å². The van der Waals surface area contributed by atoms with E-state index in [1.807, 2.05) is 0 Å². The van der Waals surface area contributed by atoms with E-state index in [4.69, 9.17) is 0 Å². The van der Waals surface area contributed by atoms with Gasteiger partial charge in [-0.05, 0) is 25.1 Å². The lowest BCUT2D eigenvalue weighted by Crippen LogP contribution is -2.15. The summed E-state index contributed by atoms with van der Waals surface area (Å²) in [6, 6.07) is 4.21. The van der Waals surface area contributed by atoms with Crippen molar-refractivity contribution in [1.29, 1.82) is 0 Å². The van der Waals surface area contributed by atoms with Gasteiger partial charge in [0.15, 0.2) is 6.29 Å². The van der Waals surface area contributed by atoms with Crippen molar-refractivity contribution >= 4 is 24.0 Å². The van der Waals surface area contributed by atoms with E-state index in [0.29, 0.717) is 6.29 Å². The third-order valence-electron chi connectivity index (χ3n) is 2.11. The number of benzene rings is 1. The summed E-state index contributed by atoms with van der Waals surface area (Å²) in [5.41, 5.74) is 0.678. The number of amides is 1. The Morgan fingerprint density at radius 1 is 1.39 bits per heavy atom. The molecule has 0 bridgehead atoms. The first-order valence-electron chi connectivity index (χ1n) is 5.23. The zero-order chi connectivity index (χ0) is 13.5. The average molecular weight is 251 g/mol. The molecule has 0 aromatic heterocycles. The van der Waals surface area contributed by atoms with Gasteiger partial charge in [-0.25, -0.2) is 9.59 Å². The summed E-state index contributed by atoms with van der Waals surface area (Å²) in [6.07, 6.45) is -0.120. The van der Waals surface area contributed by atoms with Crippen molar-refractivity contribution in [2.75, 3.05) is 19.0 Å². The van der Waals surface area contributed by atoms with Crippen LogP contribution in [-0.4, -0.2) is 32.1 Å². The highest BCUT2D eigenvalue weighted by atomic mass is 16.5. The maximum Gasteiger partial charge on any atom is 0.411 e. The Morgan fingerprint density at radius 2 is 2.11 bits per heavy atom. The van der Waals surface area contributed by atoms with E-state index >= 15 is 0 Å². The average Bonchev–Trinajstić information content (AvgIpc) is 2.38. The highest BCUT2D eigenvalue weighted by Crippen LogP contribution is 2.17. The summed E-state index contributed by atoms with van der Waals surface area (Å²) < 4.78 is 9.24. The van der Waals surface area contributed by atoms with Gasteiger partial charge >= 0.3 is 12.1 Å². The Labute approximate surface area is 104 Å². The van der Waals surface area contributed by atoms with Gasteiger partial charge in [0.25, 0.3) is 0 Å². The molecule has 0 saturated heterocycles. The molecule has 0 aliphatic carbocycles. The van der Waals surface area contributed by atoms with Gasteiger partial charge in [-0.15, -0.1) is 0 Å². The number of hydrogen-bond acceptors (Lipinski definition) is 5. The van der Waals surface area contributed by atoms with Crippen LogP contribution >= 0.6 is 0 Å². The van der Waals surface area contributed by atoms with Crippen LogP contribution in [0.1, 0.15) is 27.6 Å². The molecule has 0 radical (unpaired) electrons. The van der Waals surface area contributed by atoms with E-state index in [2.05, 4.69) is 14.8 Å². The number of ether oxygens (including phenoxy) is 2. The Hall–Kier alpha value is -2.37. The summed E-state index contributed by atoms with van der Waals surface area (Å²) in [6.45, 7) is 1.87. The first kappa shape index (κ1) is 13.7. The molecule has 0 saturated carbocycles. The molecule has 0 aliphatic rings. The lowest BCUT2D eigenvalue weighted by Gasteiger charge is -2.09. The number of nitrogens with one attached hydrogen (secondary N) is 1. The molecule has 1 rings (SSSR count). The molecule has 1 aromatic rings. The van der Waals surface area contributed by atoms with Crippen molar-refractivity contribution in [3.8, 4) is 0 Å². The van der Waals surface area contributed by atoms with Gasteiger partial charge in [-0.2, -0.15) is 0 Å². The quantitative estimate of drug-likeness (QED) is 0.652. The van der Waals surface area contributed by atoms with Crippen molar-refractivity contribution in [2.45, 2.75) is 6.92 Å². The SMILES string of the molecule is CCOC(=O)Nc1cc(C(=O)OC)ccc1C=O. The van der Waals surface area contributed by atoms with E-state index in [1.165, 1.54) is 25.3 Å². The molecule has 0 heterocycles. The predicted octanol–water partition coefficient (Wildman–Crippen LogP) is 1.85. The topological polar surface area (TPSA) is 81.7 Å². The fraction of sp³-hybridized carbons (Fsp3) is 0.250. The molecule has 18 heavy (non-hydrogen) atoms. The number of rotatable bonds is 4. The van der Waals surface area contributed by atoms with E-state index in [0.717, 1.165) is 0 Å². The lowest BCUT2D eigenvalue weighted by molar-refractivity contribution is 0.0600. The Bertz CT molecular complexity index is 470. The van der Waals surface area contributed by atoms with Crippen molar-refractivity contribution in [1.82, 2.24) is 0 Å². The monoisotopic (exact) mass is 251 g/mol. The van der Waals surface area contributed by atoms with Gasteiger partial charge in [0.1, 0.15) is 0 Å². The maximum absolute atomic E-state index is 11.3. The van der Waals surface area contributed by atoms with Crippen molar-refractivity contribution in [3.05, 3.63) is 29.3 Å². The molecule has 1 amide bonds. The van der Waals surface area contributed by atoms with Crippen LogP contribution in [-0.2, 0) is 9.47 Å². The fourth-order valence-electron chi connectivity index (χ4n) is 1.29. The third kappa shape index (κ3) is 3.31. The zero-order valence-corrected chi connectivity index (χ0v) is 10.1. The van der Waals surface area contributed by atoms with Gasteiger partial charge in [-0.3, -0.25) is 10.1 Å². The molecular weight excluding hydrogens is 238 g/mol. The van der Waals surface area contributed by atoms with Crippen LogP contribution in [0.2, 0.25) is 0 Å². The van der Waals surface area contributed by atoms with Crippen LogP contribution in [0.3, 0.4) is 0 Å². The number of esters is 1.